The van der Waals surface area contributed by atoms with Crippen LogP contribution in [0.4, 0.5) is 11.6 Å². The third-order valence-electron chi connectivity index (χ3n) is 17.5. The van der Waals surface area contributed by atoms with Crippen LogP contribution >= 0.6 is 0 Å². The lowest BCUT2D eigenvalue weighted by molar-refractivity contribution is -0.790. The molecule has 0 saturated heterocycles. The van der Waals surface area contributed by atoms with Crippen LogP contribution in [0.3, 0.4) is 0 Å². The number of nitrogens with zero attached hydrogens (tertiary/aromatic N) is 8. The van der Waals surface area contributed by atoms with E-state index in [0.29, 0.717) is 0 Å². The highest BCUT2D eigenvalue weighted by Gasteiger charge is 2.70. The number of hydrogen-bond acceptors (Lipinski definition) is 4. The topological polar surface area (TPSA) is 65.3 Å². The molecule has 330 valence electrons. The van der Waals surface area contributed by atoms with Crippen LogP contribution in [-0.4, -0.2) is 41.6 Å². The molecule has 16 rings (SSSR count). The summed E-state index contributed by atoms with van der Waals surface area (Å²) in [6, 6.07) is 27.7. The Labute approximate surface area is 397 Å². The second kappa shape index (κ2) is 11.7. The predicted octanol–water partition coefficient (Wildman–Crippen LogP) is 12.0. The van der Waals surface area contributed by atoms with Crippen molar-refractivity contribution in [3.63, 3.8) is 0 Å². The molecular weight excluding hydrogens is 845 g/mol. The number of rotatable bonds is 0. The lowest BCUT2D eigenvalue weighted by Gasteiger charge is -2.40. The van der Waals surface area contributed by atoms with Gasteiger partial charge in [-0.3, -0.25) is 0 Å². The van der Waals surface area contributed by atoms with Gasteiger partial charge < -0.3 is 0 Å². The van der Waals surface area contributed by atoms with E-state index in [1.807, 2.05) is 0 Å². The molecule has 0 N–H and O–H groups in total. The van der Waals surface area contributed by atoms with Gasteiger partial charge in [0.25, 0.3) is 23.3 Å². The molecule has 8 heterocycles. The third-order valence-corrected chi connectivity index (χ3v) is 17.5. The van der Waals surface area contributed by atoms with Crippen molar-refractivity contribution in [3.8, 4) is 0 Å². The van der Waals surface area contributed by atoms with Crippen LogP contribution in [0.15, 0.2) is 92.8 Å². The van der Waals surface area contributed by atoms with Crippen LogP contribution in [0.5, 0.6) is 0 Å². The predicted molar refractivity (Wildman–Crippen MR) is 280 cm³/mol. The van der Waals surface area contributed by atoms with Crippen molar-refractivity contribution >= 4 is 99.6 Å². The molecule has 0 fully saturated rings. The van der Waals surface area contributed by atoms with Crippen molar-refractivity contribution in [2.45, 2.75) is 89.0 Å². The zero-order valence-electron chi connectivity index (χ0n) is 41.0. The fraction of sp³-hybridized carbons (Fsp3) is 0.213. The Hall–Kier alpha value is -7.84. The van der Waals surface area contributed by atoms with E-state index in [-0.39, 0.29) is 0 Å². The van der Waals surface area contributed by atoms with E-state index in [9.17, 15) is 0 Å². The minimum absolute atomic E-state index is 0.919. The largest absolute Gasteiger partial charge is 0.404 e. The van der Waals surface area contributed by atoms with E-state index in [4.69, 9.17) is 20.0 Å². The van der Waals surface area contributed by atoms with E-state index >= 15 is 0 Å². The van der Waals surface area contributed by atoms with Crippen LogP contribution in [0.25, 0.3) is 64.6 Å². The van der Waals surface area contributed by atoms with Crippen LogP contribution in [0.2, 0.25) is 0 Å². The molecule has 8 heteroatoms. The Balaban J connectivity index is 1.24. The maximum absolute atomic E-state index is 6.05. The lowest BCUT2D eigenvalue weighted by Crippen LogP contribution is -2.71. The molecule has 0 amide bonds. The van der Waals surface area contributed by atoms with Gasteiger partial charge in [-0.2, -0.15) is 9.13 Å². The van der Waals surface area contributed by atoms with Crippen LogP contribution in [0.1, 0.15) is 89.0 Å². The van der Waals surface area contributed by atoms with Crippen molar-refractivity contribution < 1.29 is 9.15 Å². The zero-order chi connectivity index (χ0) is 46.9. The summed E-state index contributed by atoms with van der Waals surface area (Å²) in [4.78, 5) is 24.2. The lowest BCUT2D eigenvalue weighted by atomic mass is 9.89. The van der Waals surface area contributed by atoms with E-state index in [1.54, 1.807) is 0 Å². The average Bonchev–Trinajstić information content (AvgIpc) is 4.06. The first kappa shape index (κ1) is 38.2. The number of hydrogen-bond donors (Lipinski definition) is 0. The Morgan fingerprint density at radius 1 is 0.333 bits per heavy atom. The van der Waals surface area contributed by atoms with Gasteiger partial charge in [0.15, 0.2) is 0 Å². The molecule has 8 nitrogen and oxygen atoms in total. The summed E-state index contributed by atoms with van der Waals surface area (Å²) >= 11 is 0. The highest BCUT2D eigenvalue weighted by atomic mass is 15.7. The third kappa shape index (κ3) is 3.91. The first-order valence-corrected chi connectivity index (χ1v) is 24.4. The van der Waals surface area contributed by atoms with Gasteiger partial charge in [0.05, 0.1) is 43.8 Å². The molecule has 1 atom stereocenters. The quantitative estimate of drug-likeness (QED) is 0.136. The molecule has 69 heavy (non-hydrogen) atoms. The van der Waals surface area contributed by atoms with Gasteiger partial charge in [-0.25, -0.2) is 0 Å². The molecule has 6 aliphatic heterocycles. The normalized spacial score (nSPS) is 17.6. The summed E-state index contributed by atoms with van der Waals surface area (Å²) in [5, 5.41) is 14.6. The Kier molecular flexibility index (Phi) is 6.47. The summed E-state index contributed by atoms with van der Waals surface area (Å²) in [7, 11) is 0. The van der Waals surface area contributed by atoms with Crippen molar-refractivity contribution in [2.75, 3.05) is 0 Å². The second-order valence-electron chi connectivity index (χ2n) is 21.2. The summed E-state index contributed by atoms with van der Waals surface area (Å²) in [5.41, 5.74) is 21.1. The number of aromatic nitrogens is 2. The molecule has 1 spiro atoms. The van der Waals surface area contributed by atoms with Crippen LogP contribution < -0.4 is 11.0 Å². The number of amidine groups is 4. The minimum atomic E-state index is -1.14. The van der Waals surface area contributed by atoms with E-state index in [0.717, 1.165) is 89.8 Å². The van der Waals surface area contributed by atoms with Gasteiger partial charge in [-0.05, 0) is 171 Å². The first-order chi connectivity index (χ1) is 33.2. The molecule has 0 saturated carbocycles. The maximum Gasteiger partial charge on any atom is 0.404 e. The molecule has 0 radical (unpaired) electrons. The fourth-order valence-electron chi connectivity index (χ4n) is 14.3. The van der Waals surface area contributed by atoms with Crippen LogP contribution in [0, 0.1) is 83.1 Å². The molecule has 8 aromatic carbocycles. The number of aryl methyl sites for hydroxylation is 12. The van der Waals surface area contributed by atoms with Gasteiger partial charge in [-0.1, -0.05) is 115 Å². The SMILES string of the molecule is Cc1ccc2c(C)c3c(c(C)c2c1)C1=Nc2c4c(C)c5ccc(C)cc5c(C)c4c4n2C25n6c(c7c(C)c8ccc(C)cc8c(C)c7c6=NC3=[N+]12)=NC1=[N+]5C(=N4)c2c1c(C)c1cc(C)ccc1c2C. The van der Waals surface area contributed by atoms with E-state index < -0.39 is 5.91 Å². The maximum atomic E-state index is 6.05. The Morgan fingerprint density at radius 2 is 0.652 bits per heavy atom. The minimum Gasteiger partial charge on any atom is -0.192 e. The van der Waals surface area contributed by atoms with E-state index in [1.165, 1.54) is 110 Å². The van der Waals surface area contributed by atoms with Gasteiger partial charge in [0.2, 0.25) is 22.6 Å². The molecular formula is C61H48N8+2. The highest BCUT2D eigenvalue weighted by molar-refractivity contribution is 6.26. The summed E-state index contributed by atoms with van der Waals surface area (Å²) < 4.78 is 10.1. The molecule has 6 aliphatic rings. The van der Waals surface area contributed by atoms with Gasteiger partial charge in [0, 0.05) is 0 Å². The van der Waals surface area contributed by atoms with Crippen LogP contribution in [-0.2, 0) is 5.91 Å². The first-order valence-electron chi connectivity index (χ1n) is 24.4. The molecule has 1 unspecified atom stereocenters. The number of benzene rings is 8. The molecule has 2 aromatic heterocycles. The average molecular weight is 893 g/mol. The van der Waals surface area contributed by atoms with Crippen molar-refractivity contribution in [2.24, 2.45) is 20.0 Å². The zero-order valence-corrected chi connectivity index (χ0v) is 41.0. The van der Waals surface area contributed by atoms with Crippen molar-refractivity contribution in [1.82, 2.24) is 9.13 Å². The summed E-state index contributed by atoms with van der Waals surface area (Å²) in [6.07, 6.45) is 0. The van der Waals surface area contributed by atoms with Crippen molar-refractivity contribution in [3.05, 3.63) is 173 Å². The van der Waals surface area contributed by atoms with E-state index in [2.05, 4.69) is 174 Å². The number of fused-ring (bicyclic) bond motifs is 16. The molecule has 0 aliphatic carbocycles. The molecule has 0 bridgehead atoms. The van der Waals surface area contributed by atoms with Crippen molar-refractivity contribution in [1.29, 1.82) is 0 Å². The van der Waals surface area contributed by atoms with Gasteiger partial charge in [-0.15, -0.1) is 9.15 Å². The number of aliphatic imine (C=N–C) groups is 2. The summed E-state index contributed by atoms with van der Waals surface area (Å²) in [6.45, 7) is 27.2. The monoisotopic (exact) mass is 892 g/mol. The smallest absolute Gasteiger partial charge is 0.192 e. The second-order valence-corrected chi connectivity index (χ2v) is 21.2. The molecule has 10 aromatic rings. The Bertz CT molecular complexity index is 4710. The Morgan fingerprint density at radius 3 is 1.09 bits per heavy atom. The highest BCUT2D eigenvalue weighted by Crippen LogP contribution is 2.57. The standard InChI is InChI=1S/C61H48N8/c1-25-13-17-37-29(5)45-49(33(9)41(37)21-25)57-62-54-46-30(6)38-18-14-26(2)22-42(38)34(10)50(46)59-64-56-48-32(8)40-20-16-28(4)24-44(40)36(12)52(48)60-65-55-47-31(7)39-19-15-27(3)23-43(39)35(11)51(47)58-63-53(45)66(57)61(67(54)59,68(55)58)69(56)60/h13-24H,1-12H3/q+2. The summed E-state index contributed by atoms with van der Waals surface area (Å²) in [5.74, 6) is 4.38. The fourth-order valence-corrected chi connectivity index (χ4v) is 14.3. The van der Waals surface area contributed by atoms with Gasteiger partial charge >= 0.3 is 5.91 Å². The van der Waals surface area contributed by atoms with Gasteiger partial charge in [0.1, 0.15) is 0 Å².